The van der Waals surface area contributed by atoms with Crippen LogP contribution in [0.15, 0.2) is 54.7 Å². The molecule has 24 heavy (non-hydrogen) atoms. The van der Waals surface area contributed by atoms with E-state index in [4.69, 9.17) is 0 Å². The van der Waals surface area contributed by atoms with Crippen LogP contribution in [0.1, 0.15) is 25.0 Å². The number of nitrogens with one attached hydrogen (secondary N) is 1. The molecule has 0 aliphatic heterocycles. The highest BCUT2D eigenvalue weighted by atomic mass is 19.1. The second-order valence-corrected chi connectivity index (χ2v) is 6.28. The van der Waals surface area contributed by atoms with Gasteiger partial charge in [0.15, 0.2) is 0 Å². The van der Waals surface area contributed by atoms with E-state index < -0.39 is 0 Å². The molecule has 0 unspecified atom stereocenters. The Labute approximate surface area is 141 Å². The quantitative estimate of drug-likeness (QED) is 0.747. The number of carbonyl (C=O) groups excluding carboxylic acids is 1. The lowest BCUT2D eigenvalue weighted by Gasteiger charge is -2.27. The number of aromatic nitrogens is 1. The molecule has 1 heterocycles. The van der Waals surface area contributed by atoms with E-state index in [0.717, 1.165) is 22.0 Å². The monoisotopic (exact) mass is 324 g/mol. The Balaban J connectivity index is 1.81. The normalized spacial score (nSPS) is 11.2. The van der Waals surface area contributed by atoms with Gasteiger partial charge in [0.2, 0.25) is 5.91 Å². The molecule has 0 saturated heterocycles. The summed E-state index contributed by atoms with van der Waals surface area (Å²) < 4.78 is 13.5. The van der Waals surface area contributed by atoms with Crippen molar-refractivity contribution in [2.45, 2.75) is 32.9 Å². The largest absolute Gasteiger partial charge is 0.361 e. The Kier molecular flexibility index (Phi) is 4.65. The zero-order valence-corrected chi connectivity index (χ0v) is 13.9. The van der Waals surface area contributed by atoms with Gasteiger partial charge >= 0.3 is 0 Å². The fraction of sp³-hybridized carbons (Fsp3) is 0.250. The molecule has 0 aliphatic rings. The molecule has 0 spiro atoms. The van der Waals surface area contributed by atoms with Gasteiger partial charge < -0.3 is 9.88 Å². The van der Waals surface area contributed by atoms with E-state index in [0.29, 0.717) is 6.54 Å². The zero-order valence-electron chi connectivity index (χ0n) is 13.9. The van der Waals surface area contributed by atoms with Gasteiger partial charge in [-0.2, -0.15) is 0 Å². The molecule has 0 saturated carbocycles. The molecule has 1 aromatic heterocycles. The van der Waals surface area contributed by atoms with Crippen LogP contribution in [0.25, 0.3) is 10.9 Å². The molecule has 2 aromatic carbocycles. The van der Waals surface area contributed by atoms with Gasteiger partial charge in [-0.1, -0.05) is 30.3 Å². The first kappa shape index (κ1) is 16.2. The molecule has 0 bridgehead atoms. The fourth-order valence-corrected chi connectivity index (χ4v) is 2.90. The Morgan fingerprint density at radius 2 is 1.92 bits per heavy atom. The number of hydrogen-bond acceptors (Lipinski definition) is 1. The number of halogens is 1. The molecule has 3 nitrogen and oxygen atoms in total. The van der Waals surface area contributed by atoms with E-state index in [1.165, 1.54) is 12.1 Å². The Hall–Kier alpha value is -2.62. The highest BCUT2D eigenvalue weighted by Gasteiger charge is 2.19. The molecule has 0 radical (unpaired) electrons. The average Bonchev–Trinajstić information content (AvgIpc) is 2.95. The molecular weight excluding hydrogens is 303 g/mol. The summed E-state index contributed by atoms with van der Waals surface area (Å²) in [5.74, 6) is -0.250. The molecule has 3 rings (SSSR count). The second-order valence-electron chi connectivity index (χ2n) is 6.28. The Morgan fingerprint density at radius 3 is 2.62 bits per heavy atom. The van der Waals surface area contributed by atoms with E-state index in [1.807, 2.05) is 49.1 Å². The van der Waals surface area contributed by atoms with Crippen LogP contribution >= 0.6 is 0 Å². The van der Waals surface area contributed by atoms with Gasteiger partial charge in [-0.25, -0.2) is 4.39 Å². The molecule has 124 valence electrons. The predicted octanol–water partition coefficient (Wildman–Crippen LogP) is 4.29. The maximum absolute atomic E-state index is 13.5. The summed E-state index contributed by atoms with van der Waals surface area (Å²) in [5.41, 5.74) is 2.77. The van der Waals surface area contributed by atoms with E-state index >= 15 is 0 Å². The lowest BCUT2D eigenvalue weighted by atomic mass is 10.1. The van der Waals surface area contributed by atoms with Gasteiger partial charge in [0.25, 0.3) is 0 Å². The van der Waals surface area contributed by atoms with Crippen molar-refractivity contribution >= 4 is 16.8 Å². The summed E-state index contributed by atoms with van der Waals surface area (Å²) in [4.78, 5) is 17.8. The predicted molar refractivity (Wildman–Crippen MR) is 94.1 cm³/mol. The van der Waals surface area contributed by atoms with Crippen molar-refractivity contribution in [2.75, 3.05) is 0 Å². The van der Waals surface area contributed by atoms with Crippen molar-refractivity contribution < 1.29 is 9.18 Å². The number of hydrogen-bond donors (Lipinski definition) is 1. The molecule has 0 atom stereocenters. The smallest absolute Gasteiger partial charge is 0.227 e. The summed E-state index contributed by atoms with van der Waals surface area (Å²) in [6.07, 6.45) is 2.05. The highest BCUT2D eigenvalue weighted by Crippen LogP contribution is 2.21. The van der Waals surface area contributed by atoms with Gasteiger partial charge in [0.1, 0.15) is 5.82 Å². The SMILES string of the molecule is CC(C)N(Cc1ccccc1)C(=O)Cc1c[nH]c2ccc(F)cc12. The topological polar surface area (TPSA) is 36.1 Å². The van der Waals surface area contributed by atoms with Crippen molar-refractivity contribution in [3.63, 3.8) is 0 Å². The number of amides is 1. The van der Waals surface area contributed by atoms with Gasteiger partial charge in [-0.05, 0) is 43.2 Å². The third-order valence-electron chi connectivity index (χ3n) is 4.21. The van der Waals surface area contributed by atoms with Crippen molar-refractivity contribution in [1.29, 1.82) is 0 Å². The fourth-order valence-electron chi connectivity index (χ4n) is 2.90. The van der Waals surface area contributed by atoms with E-state index in [1.54, 1.807) is 12.3 Å². The van der Waals surface area contributed by atoms with Crippen LogP contribution in [0.3, 0.4) is 0 Å². The van der Waals surface area contributed by atoms with E-state index in [2.05, 4.69) is 4.98 Å². The number of fused-ring (bicyclic) bond motifs is 1. The van der Waals surface area contributed by atoms with Crippen LogP contribution in [0, 0.1) is 5.82 Å². The van der Waals surface area contributed by atoms with Crippen LogP contribution in [-0.4, -0.2) is 21.8 Å². The number of rotatable bonds is 5. The average molecular weight is 324 g/mol. The Morgan fingerprint density at radius 1 is 1.17 bits per heavy atom. The number of H-pyrrole nitrogens is 1. The first-order valence-corrected chi connectivity index (χ1v) is 8.13. The second kappa shape index (κ2) is 6.87. The molecule has 3 aromatic rings. The molecule has 1 N–H and O–H groups in total. The third kappa shape index (κ3) is 3.48. The van der Waals surface area contributed by atoms with Gasteiger partial charge in [-0.3, -0.25) is 4.79 Å². The minimum atomic E-state index is -0.291. The summed E-state index contributed by atoms with van der Waals surface area (Å²) in [6.45, 7) is 4.60. The highest BCUT2D eigenvalue weighted by molar-refractivity contribution is 5.89. The zero-order chi connectivity index (χ0) is 17.1. The van der Waals surface area contributed by atoms with Crippen molar-refractivity contribution in [3.8, 4) is 0 Å². The van der Waals surface area contributed by atoms with E-state index in [-0.39, 0.29) is 24.2 Å². The maximum Gasteiger partial charge on any atom is 0.227 e. The molecular formula is C20H21FN2O. The molecule has 4 heteroatoms. The van der Waals surface area contributed by atoms with Gasteiger partial charge in [0.05, 0.1) is 6.42 Å². The summed E-state index contributed by atoms with van der Waals surface area (Å²) in [7, 11) is 0. The van der Waals surface area contributed by atoms with Crippen LogP contribution in [-0.2, 0) is 17.8 Å². The summed E-state index contributed by atoms with van der Waals surface area (Å²) in [5, 5.41) is 0.770. The first-order valence-electron chi connectivity index (χ1n) is 8.13. The molecule has 0 aliphatic carbocycles. The molecule has 0 fully saturated rings. The minimum Gasteiger partial charge on any atom is -0.361 e. The number of carbonyl (C=O) groups is 1. The third-order valence-corrected chi connectivity index (χ3v) is 4.21. The number of aromatic amines is 1. The maximum atomic E-state index is 13.5. The van der Waals surface area contributed by atoms with E-state index in [9.17, 15) is 9.18 Å². The number of benzene rings is 2. The van der Waals surface area contributed by atoms with Crippen LogP contribution in [0.4, 0.5) is 4.39 Å². The summed E-state index contributed by atoms with van der Waals surface area (Å²) >= 11 is 0. The van der Waals surface area contributed by atoms with Gasteiger partial charge in [0, 0.05) is 29.7 Å². The Bertz CT molecular complexity index is 839. The first-order chi connectivity index (χ1) is 11.5. The van der Waals surface area contributed by atoms with Crippen molar-refractivity contribution in [2.24, 2.45) is 0 Å². The van der Waals surface area contributed by atoms with Gasteiger partial charge in [-0.15, -0.1) is 0 Å². The van der Waals surface area contributed by atoms with Crippen LogP contribution < -0.4 is 0 Å². The van der Waals surface area contributed by atoms with Crippen LogP contribution in [0.5, 0.6) is 0 Å². The minimum absolute atomic E-state index is 0.0408. The lowest BCUT2D eigenvalue weighted by molar-refractivity contribution is -0.132. The van der Waals surface area contributed by atoms with Crippen LogP contribution in [0.2, 0.25) is 0 Å². The van der Waals surface area contributed by atoms with Crippen molar-refractivity contribution in [3.05, 3.63) is 71.7 Å². The standard InChI is InChI=1S/C20H21FN2O/c1-14(2)23(13-15-6-4-3-5-7-15)20(24)10-16-12-22-19-9-8-17(21)11-18(16)19/h3-9,11-12,14,22H,10,13H2,1-2H3. The summed E-state index contributed by atoms with van der Waals surface area (Å²) in [6, 6.07) is 14.6. The molecule has 1 amide bonds. The van der Waals surface area contributed by atoms with Crippen molar-refractivity contribution in [1.82, 2.24) is 9.88 Å². The number of nitrogens with zero attached hydrogens (tertiary/aromatic N) is 1. The lowest BCUT2D eigenvalue weighted by Crippen LogP contribution is -2.37.